The van der Waals surface area contributed by atoms with Crippen molar-refractivity contribution in [1.82, 2.24) is 14.3 Å². The molecule has 0 radical (unpaired) electrons. The highest BCUT2D eigenvalue weighted by molar-refractivity contribution is 7.09. The Morgan fingerprint density at radius 2 is 2.47 bits per heavy atom. The van der Waals surface area contributed by atoms with Crippen molar-refractivity contribution in [1.29, 1.82) is 0 Å². The van der Waals surface area contributed by atoms with Gasteiger partial charge in [0.15, 0.2) is 0 Å². The zero-order valence-electron chi connectivity index (χ0n) is 8.11. The predicted molar refractivity (Wildman–Crippen MR) is 61.6 cm³/mol. The van der Waals surface area contributed by atoms with Crippen LogP contribution in [0.4, 0.5) is 5.13 Å². The van der Waals surface area contributed by atoms with Crippen molar-refractivity contribution in [2.45, 2.75) is 19.9 Å². The van der Waals surface area contributed by atoms with Gasteiger partial charge in [-0.3, -0.25) is 4.79 Å². The van der Waals surface area contributed by atoms with Crippen molar-refractivity contribution >= 4 is 28.0 Å². The van der Waals surface area contributed by atoms with E-state index in [1.165, 1.54) is 22.9 Å². The molecule has 7 heteroatoms. The third-order valence-corrected chi connectivity index (χ3v) is 3.21. The highest BCUT2D eigenvalue weighted by Gasteiger charge is 2.02. The largest absolute Gasteiger partial charge is 0.355 e. The summed E-state index contributed by atoms with van der Waals surface area (Å²) in [5.74, 6) is 0.848. The summed E-state index contributed by atoms with van der Waals surface area (Å²) in [5.41, 5.74) is 0.873. The number of aromatic nitrogens is 3. The Bertz CT molecular complexity index is 487. The van der Waals surface area contributed by atoms with Crippen LogP contribution in [0.5, 0.6) is 0 Å². The average molecular weight is 242 g/mol. The van der Waals surface area contributed by atoms with Gasteiger partial charge in [0.05, 0.1) is 6.54 Å². The lowest BCUT2D eigenvalue weighted by Crippen LogP contribution is -2.02. The lowest BCUT2D eigenvalue weighted by Gasteiger charge is -1.97. The van der Waals surface area contributed by atoms with Crippen molar-refractivity contribution in [3.63, 3.8) is 0 Å². The Morgan fingerprint density at radius 3 is 3.07 bits per heavy atom. The van der Waals surface area contributed by atoms with E-state index in [4.69, 9.17) is 0 Å². The molecule has 2 aromatic heterocycles. The summed E-state index contributed by atoms with van der Waals surface area (Å²) in [6.45, 7) is 2.60. The second-order valence-electron chi connectivity index (χ2n) is 2.90. The van der Waals surface area contributed by atoms with E-state index in [1.807, 2.05) is 6.92 Å². The van der Waals surface area contributed by atoms with Gasteiger partial charge in [-0.25, -0.2) is 4.98 Å². The molecule has 0 aromatic carbocycles. The first-order chi connectivity index (χ1) is 7.28. The molecule has 5 nitrogen and oxygen atoms in total. The number of H-pyrrole nitrogens is 1. The van der Waals surface area contributed by atoms with Gasteiger partial charge in [0.1, 0.15) is 5.82 Å². The number of nitrogens with zero attached hydrogens (tertiary/aromatic N) is 2. The van der Waals surface area contributed by atoms with Crippen LogP contribution in [0, 0.1) is 0 Å². The van der Waals surface area contributed by atoms with Crippen LogP contribution in [-0.4, -0.2) is 14.3 Å². The molecule has 2 aromatic rings. The molecular formula is C8H10N4OS2. The predicted octanol–water partition coefficient (Wildman–Crippen LogP) is 1.46. The van der Waals surface area contributed by atoms with Crippen LogP contribution in [-0.2, 0) is 13.0 Å². The molecule has 0 aliphatic heterocycles. The lowest BCUT2D eigenvalue weighted by molar-refractivity contribution is 0.986. The van der Waals surface area contributed by atoms with Gasteiger partial charge in [-0.1, -0.05) is 18.3 Å². The number of aryl methyl sites for hydroxylation is 1. The maximum Gasteiger partial charge on any atom is 0.304 e. The molecular weight excluding hydrogens is 232 g/mol. The molecule has 0 atom stereocenters. The second kappa shape index (κ2) is 4.54. The molecule has 80 valence electrons. The quantitative estimate of drug-likeness (QED) is 0.851. The Hall–Kier alpha value is -1.21. The van der Waals surface area contributed by atoms with Crippen LogP contribution >= 0.6 is 22.9 Å². The summed E-state index contributed by atoms with van der Waals surface area (Å²) >= 11 is 2.50. The SMILES string of the molecule is CCc1nsc(NCc2csc(=O)[nH]2)n1. The fourth-order valence-corrected chi connectivity index (χ4v) is 2.27. The van der Waals surface area contributed by atoms with Gasteiger partial charge in [-0.15, -0.1) is 0 Å². The highest BCUT2D eigenvalue weighted by atomic mass is 32.1. The molecule has 0 spiro atoms. The molecule has 0 saturated heterocycles. The van der Waals surface area contributed by atoms with Gasteiger partial charge < -0.3 is 10.3 Å². The van der Waals surface area contributed by atoms with Crippen LogP contribution in [0.15, 0.2) is 10.2 Å². The third-order valence-electron chi connectivity index (χ3n) is 1.79. The molecule has 15 heavy (non-hydrogen) atoms. The van der Waals surface area contributed by atoms with E-state index < -0.39 is 0 Å². The minimum Gasteiger partial charge on any atom is -0.355 e. The van der Waals surface area contributed by atoms with Gasteiger partial charge in [0.2, 0.25) is 5.13 Å². The van der Waals surface area contributed by atoms with Gasteiger partial charge >= 0.3 is 4.87 Å². The Labute approximate surface area is 94.4 Å². The second-order valence-corrected chi connectivity index (χ2v) is 4.49. The number of rotatable bonds is 4. The number of anilines is 1. The van der Waals surface area contributed by atoms with Crippen LogP contribution < -0.4 is 10.2 Å². The first-order valence-electron chi connectivity index (χ1n) is 4.51. The normalized spacial score (nSPS) is 10.5. The lowest BCUT2D eigenvalue weighted by atomic mass is 10.5. The Kier molecular flexibility index (Phi) is 3.12. The first-order valence-corrected chi connectivity index (χ1v) is 6.16. The topological polar surface area (TPSA) is 70.7 Å². The molecule has 0 amide bonds. The fourth-order valence-electron chi connectivity index (χ4n) is 1.04. The third kappa shape index (κ3) is 2.63. The molecule has 2 rings (SSSR count). The zero-order valence-corrected chi connectivity index (χ0v) is 9.74. The van der Waals surface area contributed by atoms with E-state index in [9.17, 15) is 4.79 Å². The van der Waals surface area contributed by atoms with Crippen LogP contribution in [0.3, 0.4) is 0 Å². The summed E-state index contributed by atoms with van der Waals surface area (Å²) in [5, 5.41) is 5.70. The minimum atomic E-state index is -0.0293. The monoisotopic (exact) mass is 242 g/mol. The van der Waals surface area contributed by atoms with Crippen LogP contribution in [0.1, 0.15) is 18.4 Å². The van der Waals surface area contributed by atoms with E-state index in [-0.39, 0.29) is 4.87 Å². The smallest absolute Gasteiger partial charge is 0.304 e. The summed E-state index contributed by atoms with van der Waals surface area (Å²) in [4.78, 5) is 17.8. The average Bonchev–Trinajstić information content (AvgIpc) is 2.83. The highest BCUT2D eigenvalue weighted by Crippen LogP contribution is 2.12. The Balaban J connectivity index is 1.95. The summed E-state index contributed by atoms with van der Waals surface area (Å²) in [6.07, 6.45) is 0.841. The molecule has 0 aliphatic carbocycles. The zero-order chi connectivity index (χ0) is 10.7. The standard InChI is InChI=1S/C8H10N4OS2/c1-2-6-11-7(15-12-6)9-3-5-4-14-8(13)10-5/h4H,2-3H2,1H3,(H,10,13)(H,9,11,12). The molecule has 2 heterocycles. The number of hydrogen-bond acceptors (Lipinski definition) is 6. The van der Waals surface area contributed by atoms with Crippen LogP contribution in [0.25, 0.3) is 0 Å². The van der Waals surface area contributed by atoms with E-state index in [0.29, 0.717) is 6.54 Å². The maximum atomic E-state index is 10.9. The molecule has 2 N–H and O–H groups in total. The molecule has 0 unspecified atom stereocenters. The van der Waals surface area contributed by atoms with Crippen molar-refractivity contribution in [2.75, 3.05) is 5.32 Å². The number of aromatic amines is 1. The molecule has 0 aliphatic rings. The van der Waals surface area contributed by atoms with Crippen molar-refractivity contribution in [3.05, 3.63) is 26.6 Å². The van der Waals surface area contributed by atoms with Gasteiger partial charge in [-0.2, -0.15) is 4.37 Å². The van der Waals surface area contributed by atoms with Crippen molar-refractivity contribution in [2.24, 2.45) is 0 Å². The summed E-state index contributed by atoms with van der Waals surface area (Å²) in [6, 6.07) is 0. The first kappa shape index (κ1) is 10.3. The van der Waals surface area contributed by atoms with Gasteiger partial charge in [0.25, 0.3) is 0 Å². The fraction of sp³-hybridized carbons (Fsp3) is 0.375. The van der Waals surface area contributed by atoms with E-state index in [0.717, 1.165) is 23.1 Å². The number of nitrogens with one attached hydrogen (secondary N) is 2. The summed E-state index contributed by atoms with van der Waals surface area (Å²) < 4.78 is 4.15. The maximum absolute atomic E-state index is 10.9. The molecule has 0 saturated carbocycles. The van der Waals surface area contributed by atoms with Gasteiger partial charge in [0, 0.05) is 29.0 Å². The minimum absolute atomic E-state index is 0.0293. The van der Waals surface area contributed by atoms with Crippen molar-refractivity contribution < 1.29 is 0 Å². The number of thiazole rings is 1. The molecule has 0 fully saturated rings. The Morgan fingerprint density at radius 1 is 1.60 bits per heavy atom. The van der Waals surface area contributed by atoms with E-state index in [1.54, 1.807) is 5.38 Å². The van der Waals surface area contributed by atoms with E-state index in [2.05, 4.69) is 19.7 Å². The number of hydrogen-bond donors (Lipinski definition) is 2. The van der Waals surface area contributed by atoms with Crippen LogP contribution in [0.2, 0.25) is 0 Å². The molecule has 0 bridgehead atoms. The summed E-state index contributed by atoms with van der Waals surface area (Å²) in [7, 11) is 0. The van der Waals surface area contributed by atoms with Crippen molar-refractivity contribution in [3.8, 4) is 0 Å². The van der Waals surface area contributed by atoms with E-state index >= 15 is 0 Å². The van der Waals surface area contributed by atoms with Gasteiger partial charge in [-0.05, 0) is 0 Å².